The van der Waals surface area contributed by atoms with Crippen LogP contribution in [-0.4, -0.2) is 34.2 Å². The fourth-order valence-corrected chi connectivity index (χ4v) is 4.04. The average molecular weight is 375 g/mol. The Morgan fingerprint density at radius 3 is 2.65 bits per heavy atom. The van der Waals surface area contributed by atoms with Gasteiger partial charge >= 0.3 is 5.97 Å². The molecule has 0 N–H and O–H groups in total. The molecule has 3 heterocycles. The van der Waals surface area contributed by atoms with Gasteiger partial charge in [0.25, 0.3) is 5.69 Å². The molecular weight excluding hydrogens is 358 g/mol. The van der Waals surface area contributed by atoms with Crippen molar-refractivity contribution >= 4 is 33.2 Å². The molecule has 8 nitrogen and oxygen atoms in total. The number of carbonyl (C=O) groups excluding carboxylic acids is 1. The van der Waals surface area contributed by atoms with E-state index in [1.165, 1.54) is 7.11 Å². The van der Waals surface area contributed by atoms with Crippen molar-refractivity contribution in [2.24, 2.45) is 0 Å². The van der Waals surface area contributed by atoms with Gasteiger partial charge in [-0.25, -0.2) is 9.78 Å². The van der Waals surface area contributed by atoms with Crippen LogP contribution in [-0.2, 0) is 16.1 Å². The highest BCUT2D eigenvalue weighted by Gasteiger charge is 2.30. The summed E-state index contributed by atoms with van der Waals surface area (Å²) >= 11 is 1.16. The molecule has 0 bridgehead atoms. The maximum Gasteiger partial charge on any atom is 0.350 e. The molecule has 9 heteroatoms. The van der Waals surface area contributed by atoms with Gasteiger partial charge in [-0.3, -0.25) is 10.1 Å². The predicted molar refractivity (Wildman–Crippen MR) is 97.0 cm³/mol. The Morgan fingerprint density at radius 2 is 2.08 bits per heavy atom. The Labute approximate surface area is 153 Å². The second-order valence-corrected chi connectivity index (χ2v) is 6.48. The van der Waals surface area contributed by atoms with Gasteiger partial charge in [-0.15, -0.1) is 11.3 Å². The first-order valence-corrected chi connectivity index (χ1v) is 8.71. The van der Waals surface area contributed by atoms with E-state index in [1.54, 1.807) is 30.8 Å². The van der Waals surface area contributed by atoms with E-state index in [4.69, 9.17) is 9.47 Å². The number of aryl methyl sites for hydroxylation is 1. The van der Waals surface area contributed by atoms with Crippen LogP contribution >= 0.6 is 11.3 Å². The standard InChI is InChI=1S/C17H17N3O5S/c1-4-25-17(21)15-14(19-7-5-6-8-19)12-11(9-24-3)13(20(22)23)10(2)18-16(12)26-15/h5-8H,4,9H2,1-3H3. The van der Waals surface area contributed by atoms with Crippen molar-refractivity contribution < 1.29 is 19.2 Å². The average Bonchev–Trinajstić information content (AvgIpc) is 3.21. The molecule has 3 rings (SSSR count). The number of nitrogens with zero attached hydrogens (tertiary/aromatic N) is 3. The minimum Gasteiger partial charge on any atom is -0.462 e. The fourth-order valence-electron chi connectivity index (χ4n) is 2.90. The van der Waals surface area contributed by atoms with E-state index in [2.05, 4.69) is 4.98 Å². The van der Waals surface area contributed by atoms with Gasteiger partial charge in [0.1, 0.15) is 15.4 Å². The molecule has 0 amide bonds. The van der Waals surface area contributed by atoms with Crippen LogP contribution in [0.15, 0.2) is 24.5 Å². The Balaban J connectivity index is 2.44. The lowest BCUT2D eigenvalue weighted by molar-refractivity contribution is -0.386. The third-order valence-corrected chi connectivity index (χ3v) is 4.91. The summed E-state index contributed by atoms with van der Waals surface area (Å²) in [7, 11) is 1.47. The van der Waals surface area contributed by atoms with E-state index in [-0.39, 0.29) is 24.6 Å². The van der Waals surface area contributed by atoms with Gasteiger partial charge in [-0.2, -0.15) is 0 Å². The maximum atomic E-state index is 12.5. The molecule has 0 radical (unpaired) electrons. The first-order valence-electron chi connectivity index (χ1n) is 7.89. The van der Waals surface area contributed by atoms with Gasteiger partial charge in [-0.1, -0.05) is 0 Å². The van der Waals surface area contributed by atoms with Crippen LogP contribution in [0.1, 0.15) is 27.9 Å². The third-order valence-electron chi connectivity index (χ3n) is 3.86. The summed E-state index contributed by atoms with van der Waals surface area (Å²) in [5, 5.41) is 12.2. The van der Waals surface area contributed by atoms with E-state index >= 15 is 0 Å². The molecular formula is C17H17N3O5S. The fraction of sp³-hybridized carbons (Fsp3) is 0.294. The lowest BCUT2D eigenvalue weighted by Gasteiger charge is -2.10. The van der Waals surface area contributed by atoms with Crippen molar-refractivity contribution in [3.05, 3.63) is 50.8 Å². The summed E-state index contributed by atoms with van der Waals surface area (Å²) in [6, 6.07) is 3.62. The molecule has 0 aliphatic heterocycles. The van der Waals surface area contributed by atoms with Crippen LogP contribution in [0.2, 0.25) is 0 Å². The van der Waals surface area contributed by atoms with Crippen LogP contribution in [0.3, 0.4) is 0 Å². The summed E-state index contributed by atoms with van der Waals surface area (Å²) in [6.45, 7) is 3.57. The Bertz CT molecular complexity index is 978. The highest BCUT2D eigenvalue weighted by molar-refractivity contribution is 7.21. The van der Waals surface area contributed by atoms with E-state index in [0.717, 1.165) is 11.3 Å². The molecule has 0 atom stereocenters. The largest absolute Gasteiger partial charge is 0.462 e. The van der Waals surface area contributed by atoms with E-state index in [1.807, 2.05) is 12.1 Å². The first kappa shape index (κ1) is 18.0. The highest BCUT2D eigenvalue weighted by atomic mass is 32.1. The Morgan fingerprint density at radius 1 is 1.38 bits per heavy atom. The van der Waals surface area contributed by atoms with Crippen LogP contribution in [0, 0.1) is 17.0 Å². The molecule has 26 heavy (non-hydrogen) atoms. The van der Waals surface area contributed by atoms with Crippen molar-refractivity contribution in [2.75, 3.05) is 13.7 Å². The molecule has 136 valence electrons. The topological polar surface area (TPSA) is 96.5 Å². The number of esters is 1. The summed E-state index contributed by atoms with van der Waals surface area (Å²) in [5.41, 5.74) is 1.11. The molecule has 0 unspecified atom stereocenters. The Kier molecular flexibility index (Phi) is 5.01. The molecule has 0 fully saturated rings. The first-order chi connectivity index (χ1) is 12.5. The number of hydrogen-bond acceptors (Lipinski definition) is 7. The minimum absolute atomic E-state index is 0.0312. The third kappa shape index (κ3) is 2.95. The molecule has 0 saturated heterocycles. The lowest BCUT2D eigenvalue weighted by atomic mass is 10.1. The number of carbonyl (C=O) groups is 1. The zero-order chi connectivity index (χ0) is 18.8. The van der Waals surface area contributed by atoms with Crippen LogP contribution in [0.25, 0.3) is 15.9 Å². The quantitative estimate of drug-likeness (QED) is 0.371. The number of ether oxygens (including phenoxy) is 2. The number of pyridine rings is 1. The van der Waals surface area contributed by atoms with Crippen molar-refractivity contribution in [2.45, 2.75) is 20.5 Å². The predicted octanol–water partition coefficient (Wildman–Crippen LogP) is 3.63. The lowest BCUT2D eigenvalue weighted by Crippen LogP contribution is -2.07. The Hall–Kier alpha value is -2.78. The SMILES string of the molecule is CCOC(=O)c1sc2nc(C)c([N+](=O)[O-])c(COC)c2c1-n1cccc1. The van der Waals surface area contributed by atoms with Crippen LogP contribution in [0.4, 0.5) is 5.69 Å². The molecule has 3 aromatic rings. The van der Waals surface area contributed by atoms with Crippen molar-refractivity contribution in [1.29, 1.82) is 0 Å². The maximum absolute atomic E-state index is 12.5. The van der Waals surface area contributed by atoms with E-state index in [0.29, 0.717) is 26.3 Å². The summed E-state index contributed by atoms with van der Waals surface area (Å²) in [6.07, 6.45) is 3.54. The van der Waals surface area contributed by atoms with Gasteiger partial charge in [0.2, 0.25) is 0 Å². The molecule has 0 aliphatic carbocycles. The minimum atomic E-state index is -0.483. The smallest absolute Gasteiger partial charge is 0.350 e. The van der Waals surface area contributed by atoms with Gasteiger partial charge in [0.05, 0.1) is 29.4 Å². The van der Waals surface area contributed by atoms with Gasteiger partial charge in [-0.05, 0) is 26.0 Å². The van der Waals surface area contributed by atoms with Crippen molar-refractivity contribution in [3.63, 3.8) is 0 Å². The molecule has 0 aliphatic rings. The number of methoxy groups -OCH3 is 1. The monoisotopic (exact) mass is 375 g/mol. The highest BCUT2D eigenvalue weighted by Crippen LogP contribution is 2.40. The second-order valence-electron chi connectivity index (χ2n) is 5.49. The van der Waals surface area contributed by atoms with Crippen LogP contribution < -0.4 is 0 Å². The number of hydrogen-bond donors (Lipinski definition) is 0. The zero-order valence-electron chi connectivity index (χ0n) is 14.5. The number of rotatable bonds is 6. The van der Waals surface area contributed by atoms with E-state index < -0.39 is 10.9 Å². The molecule has 3 aromatic heterocycles. The van der Waals surface area contributed by atoms with Gasteiger partial charge in [0.15, 0.2) is 0 Å². The van der Waals surface area contributed by atoms with Crippen molar-refractivity contribution in [1.82, 2.24) is 9.55 Å². The zero-order valence-corrected chi connectivity index (χ0v) is 15.3. The number of fused-ring (bicyclic) bond motifs is 1. The second kappa shape index (κ2) is 7.22. The number of aromatic nitrogens is 2. The van der Waals surface area contributed by atoms with E-state index in [9.17, 15) is 14.9 Å². The number of thiophene rings is 1. The number of nitro groups is 1. The van der Waals surface area contributed by atoms with Crippen molar-refractivity contribution in [3.8, 4) is 5.69 Å². The van der Waals surface area contributed by atoms with Crippen LogP contribution in [0.5, 0.6) is 0 Å². The molecule has 0 saturated carbocycles. The summed E-state index contributed by atoms with van der Waals surface area (Å²) in [4.78, 5) is 28.9. The van der Waals surface area contributed by atoms with Gasteiger partial charge in [0, 0.05) is 24.9 Å². The molecule has 0 spiro atoms. The summed E-state index contributed by atoms with van der Waals surface area (Å²) < 4.78 is 12.1. The normalized spacial score (nSPS) is 11.0. The summed E-state index contributed by atoms with van der Waals surface area (Å²) in [5.74, 6) is -0.483. The van der Waals surface area contributed by atoms with Gasteiger partial charge < -0.3 is 14.0 Å². The molecule has 0 aromatic carbocycles.